The summed E-state index contributed by atoms with van der Waals surface area (Å²) in [6, 6.07) is 0.0875. The second kappa shape index (κ2) is 8.73. The predicted molar refractivity (Wildman–Crippen MR) is 102 cm³/mol. The van der Waals surface area contributed by atoms with Gasteiger partial charge in [-0.3, -0.25) is 0 Å². The van der Waals surface area contributed by atoms with Crippen LogP contribution in [0.15, 0.2) is 6.20 Å². The molecule has 0 radical (unpaired) electrons. The Morgan fingerprint density at radius 1 is 1.41 bits per heavy atom. The molecule has 1 aliphatic rings. The lowest BCUT2D eigenvalue weighted by Gasteiger charge is -2.39. The molecule has 2 atom stereocenters. The number of aromatic nitrogens is 2. The molecule has 2 rings (SSSR count). The van der Waals surface area contributed by atoms with Crippen molar-refractivity contribution in [3.05, 3.63) is 17.0 Å². The fourth-order valence-electron chi connectivity index (χ4n) is 2.97. The Morgan fingerprint density at radius 2 is 2.11 bits per heavy atom. The van der Waals surface area contributed by atoms with Crippen LogP contribution in [0.5, 0.6) is 0 Å². The topological polar surface area (TPSA) is 93.7 Å². The molecule has 9 heteroatoms. The maximum Gasteiger partial charge on any atom is 0.410 e. The summed E-state index contributed by atoms with van der Waals surface area (Å²) in [5.41, 5.74) is -0.460. The summed E-state index contributed by atoms with van der Waals surface area (Å²) < 4.78 is 10.1. The zero-order valence-electron chi connectivity index (χ0n) is 16.4. The second-order valence-corrected chi connectivity index (χ2v) is 7.88. The Hall–Kier alpha value is -2.09. The minimum absolute atomic E-state index is 0.0554. The van der Waals surface area contributed by atoms with Crippen molar-refractivity contribution in [2.75, 3.05) is 25.5 Å². The van der Waals surface area contributed by atoms with Gasteiger partial charge in [0, 0.05) is 19.1 Å². The largest absolute Gasteiger partial charge is 0.464 e. The smallest absolute Gasteiger partial charge is 0.410 e. The Kier molecular flexibility index (Phi) is 6.86. The Morgan fingerprint density at radius 3 is 2.67 bits per heavy atom. The van der Waals surface area contributed by atoms with E-state index in [4.69, 9.17) is 16.3 Å². The summed E-state index contributed by atoms with van der Waals surface area (Å²) in [4.78, 5) is 33.8. The molecule has 1 amide bonds. The summed E-state index contributed by atoms with van der Waals surface area (Å²) in [5.74, 6) is 0.0379. The highest BCUT2D eigenvalue weighted by molar-refractivity contribution is 6.31. The number of nitrogens with zero attached hydrogens (tertiary/aromatic N) is 3. The van der Waals surface area contributed by atoms with E-state index in [2.05, 4.69) is 26.9 Å². The van der Waals surface area contributed by atoms with Gasteiger partial charge in [0.2, 0.25) is 0 Å². The Balaban J connectivity index is 2.04. The number of amides is 1. The number of halogens is 1. The molecule has 1 N–H and O–H groups in total. The third-order valence-electron chi connectivity index (χ3n) is 4.36. The molecule has 1 aromatic rings. The van der Waals surface area contributed by atoms with Gasteiger partial charge in [-0.15, -0.1) is 0 Å². The normalized spacial score (nSPS) is 20.1. The SMILES string of the molecule is CC[C@H]1CN(C(=O)OC(C)(C)C)CC[C@@H]1Nc1ncc(C(=O)OC)nc1Cl. The molecule has 27 heavy (non-hydrogen) atoms. The van der Waals surface area contributed by atoms with E-state index in [1.54, 1.807) is 4.90 Å². The van der Waals surface area contributed by atoms with Crippen LogP contribution in [0.3, 0.4) is 0 Å². The van der Waals surface area contributed by atoms with Gasteiger partial charge in [0.15, 0.2) is 16.7 Å². The van der Waals surface area contributed by atoms with Crippen molar-refractivity contribution >= 4 is 29.5 Å². The van der Waals surface area contributed by atoms with E-state index in [1.807, 2.05) is 20.8 Å². The summed E-state index contributed by atoms with van der Waals surface area (Å²) >= 11 is 6.16. The van der Waals surface area contributed by atoms with E-state index in [9.17, 15) is 9.59 Å². The van der Waals surface area contributed by atoms with Gasteiger partial charge in [0.1, 0.15) is 5.60 Å². The molecule has 0 bridgehead atoms. The van der Waals surface area contributed by atoms with Crippen molar-refractivity contribution in [3.63, 3.8) is 0 Å². The van der Waals surface area contributed by atoms with E-state index < -0.39 is 11.6 Å². The third-order valence-corrected chi connectivity index (χ3v) is 4.62. The standard InChI is InChI=1S/C18H27ClN4O4/c1-6-11-10-23(17(25)27-18(2,3)4)8-7-12(11)22-15-14(19)21-13(9-20-15)16(24)26-5/h9,11-12H,6-8,10H2,1-5H3,(H,20,22)/t11-,12-/m0/s1. The molecule has 1 aromatic heterocycles. The number of rotatable bonds is 4. The number of carbonyl (C=O) groups excluding carboxylic acids is 2. The van der Waals surface area contributed by atoms with E-state index in [0.717, 1.165) is 12.8 Å². The van der Waals surface area contributed by atoms with E-state index in [0.29, 0.717) is 18.9 Å². The van der Waals surface area contributed by atoms with Gasteiger partial charge < -0.3 is 19.7 Å². The molecule has 1 aliphatic heterocycles. The number of esters is 1. The first-order valence-corrected chi connectivity index (χ1v) is 9.37. The number of ether oxygens (including phenoxy) is 2. The van der Waals surface area contributed by atoms with Crippen molar-refractivity contribution in [1.29, 1.82) is 0 Å². The van der Waals surface area contributed by atoms with Crippen LogP contribution in [-0.4, -0.2) is 58.8 Å². The minimum Gasteiger partial charge on any atom is -0.464 e. The molecule has 150 valence electrons. The van der Waals surface area contributed by atoms with Crippen molar-refractivity contribution in [2.45, 2.75) is 52.2 Å². The van der Waals surface area contributed by atoms with Gasteiger partial charge in [-0.1, -0.05) is 18.5 Å². The number of anilines is 1. The highest BCUT2D eigenvalue weighted by Gasteiger charge is 2.33. The fraction of sp³-hybridized carbons (Fsp3) is 0.667. The van der Waals surface area contributed by atoms with Gasteiger partial charge in [0.05, 0.1) is 13.3 Å². The van der Waals surface area contributed by atoms with Crippen molar-refractivity contribution in [1.82, 2.24) is 14.9 Å². The summed E-state index contributed by atoms with van der Waals surface area (Å²) in [7, 11) is 1.27. The number of hydrogen-bond donors (Lipinski definition) is 1. The van der Waals surface area contributed by atoms with Crippen LogP contribution in [0.2, 0.25) is 5.15 Å². The average Bonchev–Trinajstić information content (AvgIpc) is 2.61. The summed E-state index contributed by atoms with van der Waals surface area (Å²) in [6.07, 6.45) is 2.65. The molecule has 0 unspecified atom stereocenters. The fourth-order valence-corrected chi connectivity index (χ4v) is 3.16. The molecule has 1 saturated heterocycles. The molecule has 0 spiro atoms. The highest BCUT2D eigenvalue weighted by Crippen LogP contribution is 2.27. The van der Waals surface area contributed by atoms with Crippen LogP contribution >= 0.6 is 11.6 Å². The molecule has 0 aliphatic carbocycles. The summed E-state index contributed by atoms with van der Waals surface area (Å²) in [6.45, 7) is 8.81. The van der Waals surface area contributed by atoms with Gasteiger partial charge in [-0.25, -0.2) is 19.6 Å². The number of carbonyl (C=O) groups is 2. The maximum atomic E-state index is 12.3. The van der Waals surface area contributed by atoms with Gasteiger partial charge >= 0.3 is 12.1 Å². The minimum atomic E-state index is -0.590. The Bertz CT molecular complexity index is 692. The zero-order valence-corrected chi connectivity index (χ0v) is 17.2. The Labute approximate surface area is 164 Å². The third kappa shape index (κ3) is 5.69. The van der Waals surface area contributed by atoms with Crippen molar-refractivity contribution < 1.29 is 19.1 Å². The molecule has 0 aromatic carbocycles. The number of likely N-dealkylation sites (tertiary alicyclic amines) is 1. The lowest BCUT2D eigenvalue weighted by Crippen LogP contribution is -2.49. The zero-order chi connectivity index (χ0) is 20.2. The predicted octanol–water partition coefficient (Wildman–Crippen LogP) is 3.36. The van der Waals surface area contributed by atoms with Crippen LogP contribution < -0.4 is 5.32 Å². The first-order valence-electron chi connectivity index (χ1n) is 9.00. The molecular formula is C18H27ClN4O4. The van der Waals surface area contributed by atoms with Crippen molar-refractivity contribution in [2.24, 2.45) is 5.92 Å². The van der Waals surface area contributed by atoms with Crippen molar-refractivity contribution in [3.8, 4) is 0 Å². The average molecular weight is 399 g/mol. The highest BCUT2D eigenvalue weighted by atomic mass is 35.5. The van der Waals surface area contributed by atoms with Gasteiger partial charge in [0.25, 0.3) is 0 Å². The number of methoxy groups -OCH3 is 1. The molecule has 8 nitrogen and oxygen atoms in total. The number of hydrogen-bond acceptors (Lipinski definition) is 7. The van der Waals surface area contributed by atoms with Gasteiger partial charge in [-0.2, -0.15) is 0 Å². The lowest BCUT2D eigenvalue weighted by molar-refractivity contribution is 0.0153. The molecule has 2 heterocycles. The lowest BCUT2D eigenvalue weighted by atomic mass is 9.90. The molecule has 1 fully saturated rings. The van der Waals surface area contributed by atoms with Crippen LogP contribution in [-0.2, 0) is 9.47 Å². The quantitative estimate of drug-likeness (QED) is 0.777. The van der Waals surface area contributed by atoms with E-state index in [1.165, 1.54) is 13.3 Å². The first-order chi connectivity index (χ1) is 12.6. The first kappa shape index (κ1) is 21.2. The second-order valence-electron chi connectivity index (χ2n) is 7.52. The van der Waals surface area contributed by atoms with E-state index in [-0.39, 0.29) is 28.9 Å². The van der Waals surface area contributed by atoms with E-state index >= 15 is 0 Å². The molecular weight excluding hydrogens is 372 g/mol. The monoisotopic (exact) mass is 398 g/mol. The van der Waals surface area contributed by atoms with Crippen LogP contribution in [0, 0.1) is 5.92 Å². The van der Waals surface area contributed by atoms with Gasteiger partial charge in [-0.05, 0) is 39.5 Å². The van der Waals surface area contributed by atoms with Crippen LogP contribution in [0.4, 0.5) is 10.6 Å². The number of nitrogens with one attached hydrogen (secondary N) is 1. The summed E-state index contributed by atoms with van der Waals surface area (Å²) in [5, 5.41) is 3.42. The molecule has 0 saturated carbocycles. The number of piperidine rings is 1. The van der Waals surface area contributed by atoms with Crippen LogP contribution in [0.25, 0.3) is 0 Å². The van der Waals surface area contributed by atoms with Crippen LogP contribution in [0.1, 0.15) is 51.0 Å². The maximum absolute atomic E-state index is 12.3.